The van der Waals surface area contributed by atoms with E-state index in [0.717, 1.165) is 11.8 Å². The van der Waals surface area contributed by atoms with Crippen LogP contribution in [0.25, 0.3) is 0 Å². The van der Waals surface area contributed by atoms with Crippen LogP contribution in [0.4, 0.5) is 0 Å². The first kappa shape index (κ1) is 71.0. The van der Waals surface area contributed by atoms with Crippen molar-refractivity contribution >= 4 is 76.9 Å². The highest BCUT2D eigenvalue weighted by molar-refractivity contribution is 5.98. The first-order chi connectivity index (χ1) is 39.2. The van der Waals surface area contributed by atoms with Gasteiger partial charge in [-0.1, -0.05) is 26.0 Å². The molecule has 0 aliphatic carbocycles. The molecular formula is C51H83N15O17. The van der Waals surface area contributed by atoms with Crippen molar-refractivity contribution in [3.8, 4) is 5.75 Å². The Hall–Kier alpha value is -8.07. The van der Waals surface area contributed by atoms with Crippen molar-refractivity contribution in [2.45, 2.75) is 146 Å². The highest BCUT2D eigenvalue weighted by Gasteiger charge is 2.37. The number of carboxylic acid groups (broad SMARTS) is 1. The monoisotopic (exact) mass is 1180 g/mol. The first-order valence-corrected chi connectivity index (χ1v) is 27.2. The second kappa shape index (κ2) is 37.1. The highest BCUT2D eigenvalue weighted by Crippen LogP contribution is 2.18. The van der Waals surface area contributed by atoms with E-state index in [0.29, 0.717) is 31.2 Å². The number of likely N-dealkylation sites (tertiary alicyclic amines) is 1. The zero-order chi connectivity index (χ0) is 62.3. The van der Waals surface area contributed by atoms with E-state index in [1.54, 1.807) is 26.0 Å². The standard InChI is InChI=1S/C51H83N15O17/c1-27(2)19-33(64-45(76)31(9-4-6-16-52)62-47(78)34(59-39(71)22-54)20-29-12-14-30(69)15-13-29)44(75)56-23-41(73)61-36(26-67)48(79)63-32(10-5-7-17-53)46(77)65-43(28(3)68)50(81)58-25-42(74)66-18-8-11-37(66)49(80)57-24-40(72)60-35(51(82)83)21-38(55)70/h12-15,27-28,31-37,43,67-69H,4-11,16-26,52-54H2,1-3H3,(H2,55,70)(H,56,75)(H,57,80)(H,58,81)(H,59,71)(H,60,72)(H,61,73)(H,62,78)(H,63,79)(H,64,76)(H,65,77)(H,82,83)/t28-,31+,32+,33+,34+,35+,36+,37+,43+/m1/s1. The van der Waals surface area contributed by atoms with Crippen LogP contribution in [0.2, 0.25) is 0 Å². The smallest absolute Gasteiger partial charge is 0.326 e. The zero-order valence-electron chi connectivity index (χ0n) is 46.9. The van der Waals surface area contributed by atoms with Crippen LogP contribution < -0.4 is 76.1 Å². The molecule has 0 bridgehead atoms. The van der Waals surface area contributed by atoms with Gasteiger partial charge >= 0.3 is 5.97 Å². The van der Waals surface area contributed by atoms with Gasteiger partial charge in [-0.05, 0) is 101 Å². The molecule has 9 atom stereocenters. The molecule has 12 amide bonds. The van der Waals surface area contributed by atoms with Crippen LogP contribution >= 0.6 is 0 Å². The number of amides is 12. The molecule has 464 valence electrons. The number of aromatic hydroxyl groups is 1. The molecule has 1 aliphatic heterocycles. The Morgan fingerprint density at radius 3 is 1.63 bits per heavy atom. The van der Waals surface area contributed by atoms with E-state index in [-0.39, 0.29) is 69.8 Å². The van der Waals surface area contributed by atoms with Crippen LogP contribution in [-0.2, 0) is 68.7 Å². The van der Waals surface area contributed by atoms with Gasteiger partial charge < -0.3 is 101 Å². The molecule has 0 unspecified atom stereocenters. The van der Waals surface area contributed by atoms with Gasteiger partial charge in [-0.15, -0.1) is 0 Å². The van der Waals surface area contributed by atoms with Gasteiger partial charge in [0.05, 0.1) is 45.3 Å². The topological polar surface area (TPSA) is 530 Å². The van der Waals surface area contributed by atoms with Gasteiger partial charge in [0.2, 0.25) is 70.9 Å². The van der Waals surface area contributed by atoms with E-state index < -0.39 is 171 Å². The Bertz CT molecular complexity index is 2400. The zero-order valence-corrected chi connectivity index (χ0v) is 46.9. The van der Waals surface area contributed by atoms with Gasteiger partial charge in [0.25, 0.3) is 0 Å². The number of nitrogens with zero attached hydrogens (tertiary/aromatic N) is 1. The predicted octanol–water partition coefficient (Wildman–Crippen LogP) is -7.74. The number of carbonyl (C=O) groups excluding carboxylic acids is 12. The van der Waals surface area contributed by atoms with Gasteiger partial charge in [-0.25, -0.2) is 4.79 Å². The molecule has 1 aromatic carbocycles. The lowest BCUT2D eigenvalue weighted by Gasteiger charge is -2.27. The summed E-state index contributed by atoms with van der Waals surface area (Å²) in [5.74, 6) is -12.4. The number of phenolic OH excluding ortho intramolecular Hbond substituents is 1. The molecule has 2 rings (SSSR count). The second-order valence-electron chi connectivity index (χ2n) is 20.1. The molecule has 0 spiro atoms. The summed E-state index contributed by atoms with van der Waals surface area (Å²) < 4.78 is 0. The largest absolute Gasteiger partial charge is 0.508 e. The number of aliphatic hydroxyl groups excluding tert-OH is 2. The average molecular weight is 1180 g/mol. The van der Waals surface area contributed by atoms with Crippen LogP contribution in [-0.4, -0.2) is 209 Å². The Morgan fingerprint density at radius 2 is 1.11 bits per heavy atom. The number of rotatable bonds is 38. The van der Waals surface area contributed by atoms with Gasteiger partial charge in [-0.2, -0.15) is 0 Å². The molecule has 1 aliphatic rings. The third kappa shape index (κ3) is 26.2. The lowest BCUT2D eigenvalue weighted by Crippen LogP contribution is -2.60. The third-order valence-electron chi connectivity index (χ3n) is 12.8. The number of phenols is 1. The molecule has 32 heteroatoms. The molecule has 0 aromatic heterocycles. The molecule has 22 N–H and O–H groups in total. The number of benzene rings is 1. The van der Waals surface area contributed by atoms with E-state index in [1.807, 2.05) is 5.32 Å². The van der Waals surface area contributed by atoms with Crippen molar-refractivity contribution in [2.75, 3.05) is 52.4 Å². The maximum Gasteiger partial charge on any atom is 0.326 e. The van der Waals surface area contributed by atoms with Crippen LogP contribution in [0.5, 0.6) is 5.75 Å². The van der Waals surface area contributed by atoms with Crippen molar-refractivity contribution in [3.05, 3.63) is 29.8 Å². The molecule has 32 nitrogen and oxygen atoms in total. The Balaban J connectivity index is 2.12. The van der Waals surface area contributed by atoms with Gasteiger partial charge in [0, 0.05) is 13.0 Å². The molecule has 1 fully saturated rings. The second-order valence-corrected chi connectivity index (χ2v) is 20.1. The van der Waals surface area contributed by atoms with Gasteiger partial charge in [0.15, 0.2) is 0 Å². The number of hydrogen-bond donors (Lipinski definition) is 18. The maximum atomic E-state index is 13.9. The molecule has 0 saturated carbocycles. The summed E-state index contributed by atoms with van der Waals surface area (Å²) in [6, 6.07) is -5.46. The number of aliphatic carboxylic acids is 1. The fourth-order valence-corrected chi connectivity index (χ4v) is 8.41. The summed E-state index contributed by atoms with van der Waals surface area (Å²) >= 11 is 0. The van der Waals surface area contributed by atoms with E-state index >= 15 is 0 Å². The fourth-order valence-electron chi connectivity index (χ4n) is 8.41. The van der Waals surface area contributed by atoms with Crippen molar-refractivity contribution < 1.29 is 82.8 Å². The third-order valence-corrected chi connectivity index (χ3v) is 12.8. The normalized spacial score (nSPS) is 15.7. The fraction of sp³-hybridized carbons (Fsp3) is 0.627. The van der Waals surface area contributed by atoms with Crippen LogP contribution in [0.1, 0.15) is 90.5 Å². The molecule has 1 aromatic rings. The highest BCUT2D eigenvalue weighted by atomic mass is 16.4. The van der Waals surface area contributed by atoms with Crippen molar-refractivity contribution in [1.82, 2.24) is 58.1 Å². The Labute approximate surface area is 479 Å². The number of primary amides is 1. The minimum Gasteiger partial charge on any atom is -0.508 e. The predicted molar refractivity (Wildman–Crippen MR) is 294 cm³/mol. The van der Waals surface area contributed by atoms with E-state index in [1.165, 1.54) is 12.1 Å². The van der Waals surface area contributed by atoms with Crippen LogP contribution in [0.15, 0.2) is 24.3 Å². The summed E-state index contributed by atoms with van der Waals surface area (Å²) in [6.07, 6.45) is -0.333. The SMILES string of the molecule is CC(C)C[C@H](NC(=O)[C@H](CCCCN)NC(=O)[C@H](Cc1ccc(O)cc1)NC(=O)CN)C(=O)NCC(=O)N[C@@H](CO)C(=O)N[C@@H](CCCCN)C(=O)N[C@H](C(=O)NCC(=O)N1CCC[C@H]1C(=O)NCC(=O)N[C@@H](CC(N)=O)C(=O)O)[C@@H](C)O. The van der Waals surface area contributed by atoms with Crippen LogP contribution in [0.3, 0.4) is 0 Å². The lowest BCUT2D eigenvalue weighted by atomic mass is 10.0. The Morgan fingerprint density at radius 1 is 0.602 bits per heavy atom. The maximum absolute atomic E-state index is 13.9. The van der Waals surface area contributed by atoms with Crippen molar-refractivity contribution in [1.29, 1.82) is 0 Å². The van der Waals surface area contributed by atoms with Crippen molar-refractivity contribution in [3.63, 3.8) is 0 Å². The lowest BCUT2D eigenvalue weighted by molar-refractivity contribution is -0.143. The van der Waals surface area contributed by atoms with Gasteiger partial charge in [-0.3, -0.25) is 57.5 Å². The summed E-state index contributed by atoms with van der Waals surface area (Å²) in [6.45, 7) is 1.54. The molecule has 83 heavy (non-hydrogen) atoms. The van der Waals surface area contributed by atoms with E-state index in [2.05, 4.69) is 47.9 Å². The summed E-state index contributed by atoms with van der Waals surface area (Å²) in [7, 11) is 0. The number of nitrogens with one attached hydrogen (secondary N) is 10. The number of carboxylic acids is 1. The molecular weight excluding hydrogens is 1090 g/mol. The molecule has 1 heterocycles. The summed E-state index contributed by atoms with van der Waals surface area (Å²) in [5, 5.41) is 63.5. The van der Waals surface area contributed by atoms with E-state index in [9.17, 15) is 82.8 Å². The minimum absolute atomic E-state index is 0.0262. The number of hydrogen-bond acceptors (Lipinski definition) is 19. The summed E-state index contributed by atoms with van der Waals surface area (Å²) in [5.41, 5.74) is 22.4. The molecule has 1 saturated heterocycles. The number of carbonyl (C=O) groups is 13. The van der Waals surface area contributed by atoms with E-state index in [4.69, 9.17) is 22.9 Å². The average Bonchev–Trinajstić information content (AvgIpc) is 4.08. The van der Waals surface area contributed by atoms with Gasteiger partial charge in [0.1, 0.15) is 54.1 Å². The summed E-state index contributed by atoms with van der Waals surface area (Å²) in [4.78, 5) is 170. The minimum atomic E-state index is -1.72. The number of aliphatic hydroxyl groups is 2. The van der Waals surface area contributed by atoms with Crippen LogP contribution in [0, 0.1) is 5.92 Å². The quantitative estimate of drug-likeness (QED) is 0.0274. The molecule has 0 radical (unpaired) electrons. The van der Waals surface area contributed by atoms with Crippen molar-refractivity contribution in [2.24, 2.45) is 28.9 Å². The Kier molecular flexibility index (Phi) is 31.8. The number of nitrogens with two attached hydrogens (primary N) is 4. The first-order valence-electron chi connectivity index (χ1n) is 27.2. The number of unbranched alkanes of at least 4 members (excludes halogenated alkanes) is 2.